The maximum Gasteiger partial charge on any atom is 0.290 e. The molecule has 2 aliphatic heterocycles. The Balaban J connectivity index is 1.24. The van der Waals surface area contributed by atoms with E-state index in [-0.39, 0.29) is 77.1 Å². The average molecular weight is 701 g/mol. The van der Waals surface area contributed by atoms with Crippen LogP contribution in [0.4, 0.5) is 0 Å². The van der Waals surface area contributed by atoms with Gasteiger partial charge in [-0.05, 0) is 58.7 Å². The number of ketones is 1. The predicted molar refractivity (Wildman–Crippen MR) is 186 cm³/mol. The molecule has 3 saturated carbocycles. The first-order chi connectivity index (χ1) is 22.9. The summed E-state index contributed by atoms with van der Waals surface area (Å²) < 4.78 is 0. The molecule has 5 aliphatic rings. The minimum atomic E-state index is -1.24. The standard InChI is InChI=1S/C37H60N6O7/c1-20-14-37(20,29(46)31(48)39-21-12-13-21)40-30(47)27-26-22(36(26,10)11)17-43(27)32(49)28(34(5,6)7)38-19-50-41-23(33(2,3)4)18-42-24(44)15-35(8,9)16-25(42)45/h20-23,26-28,38,41H,12-19H2,1-11H3,(H,39,48)(H,40,47)/t20-,22+,23-,26+,27+,28-,37+/m1/s1. The Morgan fingerprint density at radius 2 is 1.52 bits per heavy atom. The van der Waals surface area contributed by atoms with Gasteiger partial charge in [-0.1, -0.05) is 76.2 Å². The zero-order chi connectivity index (χ0) is 37.4. The number of imide groups is 1. The van der Waals surface area contributed by atoms with Crippen LogP contribution in [0, 0.1) is 39.4 Å². The third-order valence-corrected chi connectivity index (χ3v) is 11.9. The Kier molecular flexibility index (Phi) is 9.93. The number of hydrogen-bond acceptors (Lipinski definition) is 9. The second-order valence-electron chi connectivity index (χ2n) is 19.3. The van der Waals surface area contributed by atoms with Crippen molar-refractivity contribution in [1.29, 1.82) is 0 Å². The molecule has 2 heterocycles. The van der Waals surface area contributed by atoms with E-state index in [4.69, 9.17) is 4.84 Å². The molecule has 2 saturated heterocycles. The summed E-state index contributed by atoms with van der Waals surface area (Å²) >= 11 is 0. The van der Waals surface area contributed by atoms with Crippen molar-refractivity contribution in [2.45, 2.75) is 138 Å². The number of fused-ring (bicyclic) bond motifs is 1. The van der Waals surface area contributed by atoms with Gasteiger partial charge in [-0.15, -0.1) is 0 Å². The van der Waals surface area contributed by atoms with Gasteiger partial charge < -0.3 is 15.5 Å². The highest BCUT2D eigenvalue weighted by molar-refractivity contribution is 6.41. The van der Waals surface area contributed by atoms with E-state index in [0.717, 1.165) is 12.8 Å². The van der Waals surface area contributed by atoms with Gasteiger partial charge >= 0.3 is 0 Å². The summed E-state index contributed by atoms with van der Waals surface area (Å²) in [5.74, 6) is -2.39. The van der Waals surface area contributed by atoms with Crippen LogP contribution in [0.15, 0.2) is 0 Å². The van der Waals surface area contributed by atoms with Gasteiger partial charge in [0.05, 0.1) is 12.1 Å². The lowest BCUT2D eigenvalue weighted by Gasteiger charge is -2.40. The van der Waals surface area contributed by atoms with E-state index in [0.29, 0.717) is 25.8 Å². The molecule has 5 fully saturated rings. The average Bonchev–Trinajstić information content (AvgIpc) is 3.91. The van der Waals surface area contributed by atoms with Gasteiger partial charge in [0.15, 0.2) is 0 Å². The van der Waals surface area contributed by atoms with E-state index in [1.165, 1.54) is 4.90 Å². The Hall–Kier alpha value is -2.90. The number of nitrogens with one attached hydrogen (secondary N) is 4. The van der Waals surface area contributed by atoms with Gasteiger partial charge in [0.2, 0.25) is 29.4 Å². The Morgan fingerprint density at radius 1 is 0.940 bits per heavy atom. The van der Waals surface area contributed by atoms with Crippen molar-refractivity contribution < 1.29 is 33.6 Å². The van der Waals surface area contributed by atoms with Crippen LogP contribution in [0.25, 0.3) is 0 Å². The molecule has 5 amide bonds. The second-order valence-corrected chi connectivity index (χ2v) is 19.3. The maximum atomic E-state index is 14.4. The number of amides is 5. The summed E-state index contributed by atoms with van der Waals surface area (Å²) in [6.45, 7) is 22.2. The van der Waals surface area contributed by atoms with Crippen molar-refractivity contribution in [3.63, 3.8) is 0 Å². The topological polar surface area (TPSA) is 166 Å². The van der Waals surface area contributed by atoms with Crippen LogP contribution in [0.1, 0.15) is 108 Å². The van der Waals surface area contributed by atoms with Gasteiger partial charge in [-0.2, -0.15) is 5.48 Å². The first-order valence-corrected chi connectivity index (χ1v) is 18.3. The summed E-state index contributed by atoms with van der Waals surface area (Å²) in [6, 6.07) is -1.85. The number of piperidine rings is 2. The summed E-state index contributed by atoms with van der Waals surface area (Å²) in [7, 11) is 0. The lowest BCUT2D eigenvalue weighted by Crippen LogP contribution is -2.61. The SMILES string of the molecule is C[C@@H]1C[C@@]1(NC(=O)[C@@H]1[C@@H]2[C@H](CN1C(=O)[C@@H](NCON[C@H](CN1C(=O)CC(C)(C)CC1=O)C(C)(C)C)C(C)(C)C)C2(C)C)C(=O)C(=O)NC1CC1. The van der Waals surface area contributed by atoms with Gasteiger partial charge in [0.1, 0.15) is 18.3 Å². The number of hydroxylamine groups is 1. The summed E-state index contributed by atoms with van der Waals surface area (Å²) in [4.78, 5) is 89.1. The van der Waals surface area contributed by atoms with Gasteiger partial charge in [0.25, 0.3) is 5.91 Å². The Bertz CT molecular complexity index is 1410. The van der Waals surface area contributed by atoms with Gasteiger partial charge in [-0.3, -0.25) is 43.8 Å². The lowest BCUT2D eigenvalue weighted by atomic mass is 9.80. The fraction of sp³-hybridized carbons (Fsp3) is 0.838. The van der Waals surface area contributed by atoms with Gasteiger partial charge in [-0.25, -0.2) is 0 Å². The molecule has 280 valence electrons. The molecule has 0 aromatic rings. The minimum absolute atomic E-state index is 0.0280. The Labute approximate surface area is 297 Å². The molecule has 0 unspecified atom stereocenters. The van der Waals surface area contributed by atoms with Crippen LogP contribution in [-0.2, 0) is 33.6 Å². The van der Waals surface area contributed by atoms with E-state index >= 15 is 0 Å². The molecule has 4 N–H and O–H groups in total. The van der Waals surface area contributed by atoms with Crippen molar-refractivity contribution >= 4 is 35.3 Å². The number of likely N-dealkylation sites (tertiary alicyclic amines) is 2. The highest BCUT2D eigenvalue weighted by atomic mass is 16.7. The van der Waals surface area contributed by atoms with Crippen molar-refractivity contribution in [1.82, 2.24) is 31.2 Å². The van der Waals surface area contributed by atoms with Crippen molar-refractivity contribution in [3.05, 3.63) is 0 Å². The zero-order valence-electron chi connectivity index (χ0n) is 32.0. The molecule has 7 atom stereocenters. The normalized spacial score (nSPS) is 31.1. The highest BCUT2D eigenvalue weighted by Gasteiger charge is 2.71. The highest BCUT2D eigenvalue weighted by Crippen LogP contribution is 2.65. The van der Waals surface area contributed by atoms with Crippen LogP contribution < -0.4 is 21.4 Å². The third kappa shape index (κ3) is 7.65. The van der Waals surface area contributed by atoms with Crippen LogP contribution in [0.3, 0.4) is 0 Å². The zero-order valence-corrected chi connectivity index (χ0v) is 32.0. The summed E-state index contributed by atoms with van der Waals surface area (Å²) in [5, 5.41) is 8.97. The van der Waals surface area contributed by atoms with E-state index in [1.807, 2.05) is 62.3 Å². The number of carbonyl (C=O) groups is 6. The van der Waals surface area contributed by atoms with E-state index in [9.17, 15) is 28.8 Å². The first kappa shape index (κ1) is 38.3. The summed E-state index contributed by atoms with van der Waals surface area (Å²) in [6.07, 6.45) is 2.69. The van der Waals surface area contributed by atoms with E-state index in [1.54, 1.807) is 4.90 Å². The number of nitrogens with zero attached hydrogens (tertiary/aromatic N) is 2. The number of Topliss-reactive ketones (excluding diaryl/α,β-unsaturated/α-hetero) is 1. The molecule has 0 aromatic carbocycles. The van der Waals surface area contributed by atoms with Crippen LogP contribution in [0.5, 0.6) is 0 Å². The molecule has 50 heavy (non-hydrogen) atoms. The van der Waals surface area contributed by atoms with Crippen molar-refractivity contribution in [3.8, 4) is 0 Å². The third-order valence-electron chi connectivity index (χ3n) is 11.9. The molecule has 13 heteroatoms. The summed E-state index contributed by atoms with van der Waals surface area (Å²) in [5.41, 5.74) is 0.372. The largest absolute Gasteiger partial charge is 0.347 e. The van der Waals surface area contributed by atoms with Crippen LogP contribution in [0.2, 0.25) is 0 Å². The minimum Gasteiger partial charge on any atom is -0.347 e. The molecular weight excluding hydrogens is 640 g/mol. The molecule has 0 radical (unpaired) electrons. The fourth-order valence-corrected chi connectivity index (χ4v) is 8.04. The smallest absolute Gasteiger partial charge is 0.290 e. The Morgan fingerprint density at radius 3 is 2.02 bits per heavy atom. The molecule has 0 aromatic heterocycles. The van der Waals surface area contributed by atoms with Crippen molar-refractivity contribution in [2.75, 3.05) is 19.8 Å². The molecular formula is C37H60N6O7. The molecule has 0 spiro atoms. The monoisotopic (exact) mass is 700 g/mol. The number of hydrogen-bond donors (Lipinski definition) is 4. The quantitative estimate of drug-likeness (QED) is 0.0742. The number of carbonyl (C=O) groups excluding carboxylic acids is 6. The van der Waals surface area contributed by atoms with Crippen LogP contribution in [-0.4, -0.2) is 94.6 Å². The molecule has 3 aliphatic carbocycles. The lowest BCUT2D eigenvalue weighted by molar-refractivity contribution is -0.155. The predicted octanol–water partition coefficient (Wildman–Crippen LogP) is 2.28. The molecule has 0 bridgehead atoms. The fourth-order valence-electron chi connectivity index (χ4n) is 8.04. The van der Waals surface area contributed by atoms with E-state index < -0.39 is 40.6 Å². The van der Waals surface area contributed by atoms with E-state index in [2.05, 4.69) is 35.3 Å². The maximum absolute atomic E-state index is 14.4. The second kappa shape index (κ2) is 12.9. The number of rotatable bonds is 13. The first-order valence-electron chi connectivity index (χ1n) is 18.3. The molecule has 5 rings (SSSR count). The van der Waals surface area contributed by atoms with Crippen LogP contribution >= 0.6 is 0 Å². The van der Waals surface area contributed by atoms with Crippen molar-refractivity contribution in [2.24, 2.45) is 39.4 Å². The molecule has 13 nitrogen and oxygen atoms in total. The van der Waals surface area contributed by atoms with Gasteiger partial charge in [0, 0.05) is 32.0 Å².